The molecule has 0 bridgehead atoms. The molecule has 6 heteroatoms. The van der Waals surface area contributed by atoms with E-state index >= 15 is 0 Å². The van der Waals surface area contributed by atoms with Gasteiger partial charge in [0.1, 0.15) is 5.75 Å². The molecule has 23 heavy (non-hydrogen) atoms. The zero-order chi connectivity index (χ0) is 16.6. The zero-order valence-corrected chi connectivity index (χ0v) is 12.3. The third kappa shape index (κ3) is 2.54. The van der Waals surface area contributed by atoms with Gasteiger partial charge in [-0.3, -0.25) is 4.79 Å². The summed E-state index contributed by atoms with van der Waals surface area (Å²) in [6.07, 6.45) is 1.15. The van der Waals surface area contributed by atoms with Crippen molar-refractivity contribution in [3.63, 3.8) is 0 Å². The molecule has 1 N–H and O–H groups in total. The molecule has 1 aliphatic carbocycles. The van der Waals surface area contributed by atoms with Gasteiger partial charge in [-0.05, 0) is 31.0 Å². The molecule has 0 radical (unpaired) electrons. The molecule has 0 aliphatic heterocycles. The lowest BCUT2D eigenvalue weighted by Gasteiger charge is -2.18. The first-order chi connectivity index (χ1) is 11.0. The fourth-order valence-corrected chi connectivity index (χ4v) is 2.65. The number of nitrogens with one attached hydrogen (secondary N) is 1. The Labute approximate surface area is 131 Å². The van der Waals surface area contributed by atoms with Gasteiger partial charge in [0, 0.05) is 5.56 Å². The van der Waals surface area contributed by atoms with E-state index in [2.05, 4.69) is 5.32 Å². The second-order valence-electron chi connectivity index (χ2n) is 5.46. The van der Waals surface area contributed by atoms with Crippen LogP contribution in [0.15, 0.2) is 36.4 Å². The average Bonchev–Trinajstić information content (AvgIpc) is 3.37. The highest BCUT2D eigenvalue weighted by atomic mass is 19.2. The quantitative estimate of drug-likeness (QED) is 0.870. The van der Waals surface area contributed by atoms with Gasteiger partial charge in [-0.15, -0.1) is 0 Å². The van der Waals surface area contributed by atoms with Gasteiger partial charge in [0.15, 0.2) is 17.5 Å². The first kappa shape index (κ1) is 15.4. The van der Waals surface area contributed by atoms with Crippen molar-refractivity contribution in [3.05, 3.63) is 59.4 Å². The van der Waals surface area contributed by atoms with Crippen molar-refractivity contribution < 1.29 is 22.7 Å². The zero-order valence-electron chi connectivity index (χ0n) is 12.3. The average molecular weight is 321 g/mol. The van der Waals surface area contributed by atoms with E-state index in [1.165, 1.54) is 7.11 Å². The number of benzene rings is 2. The van der Waals surface area contributed by atoms with Crippen LogP contribution in [-0.4, -0.2) is 13.0 Å². The summed E-state index contributed by atoms with van der Waals surface area (Å²) in [6, 6.07) is 8.85. The number of hydrogen-bond donors (Lipinski definition) is 1. The van der Waals surface area contributed by atoms with Crippen LogP contribution < -0.4 is 10.1 Å². The van der Waals surface area contributed by atoms with Gasteiger partial charge in [-0.25, -0.2) is 13.2 Å². The number of carbonyl (C=O) groups excluding carboxylic acids is 1. The lowest BCUT2D eigenvalue weighted by molar-refractivity contribution is -0.118. The Kier molecular flexibility index (Phi) is 3.75. The van der Waals surface area contributed by atoms with E-state index in [4.69, 9.17) is 4.74 Å². The van der Waals surface area contributed by atoms with Crippen molar-refractivity contribution in [3.8, 4) is 5.75 Å². The number of methoxy groups -OCH3 is 1. The summed E-state index contributed by atoms with van der Waals surface area (Å²) in [5.41, 5.74) is -0.512. The van der Waals surface area contributed by atoms with E-state index < -0.39 is 28.8 Å². The molecule has 3 nitrogen and oxygen atoms in total. The lowest BCUT2D eigenvalue weighted by atomic mass is 9.94. The molecule has 0 atom stereocenters. The van der Waals surface area contributed by atoms with Gasteiger partial charge in [-0.1, -0.05) is 18.2 Å². The van der Waals surface area contributed by atoms with Crippen molar-refractivity contribution in [2.75, 3.05) is 12.4 Å². The summed E-state index contributed by atoms with van der Waals surface area (Å²) >= 11 is 0. The number of hydrogen-bond acceptors (Lipinski definition) is 2. The third-order valence-corrected chi connectivity index (χ3v) is 4.09. The summed E-state index contributed by atoms with van der Waals surface area (Å²) in [5.74, 6) is -4.22. The van der Waals surface area contributed by atoms with Crippen molar-refractivity contribution in [2.24, 2.45) is 0 Å². The number of carbonyl (C=O) groups is 1. The van der Waals surface area contributed by atoms with Crippen LogP contribution in [0, 0.1) is 17.5 Å². The number of ether oxygens (including phenoxy) is 1. The first-order valence-corrected chi connectivity index (χ1v) is 7.08. The van der Waals surface area contributed by atoms with Gasteiger partial charge in [-0.2, -0.15) is 0 Å². The standard InChI is InChI=1S/C17H14F3NO2/c1-23-13-5-3-2-4-10(13)17(8-9-17)16(22)21-12-7-6-11(18)14(19)15(12)20/h2-7H,8-9H2,1H3,(H,21,22). The summed E-state index contributed by atoms with van der Waals surface area (Å²) < 4.78 is 45.2. The van der Waals surface area contributed by atoms with E-state index in [-0.39, 0.29) is 5.69 Å². The maximum atomic E-state index is 13.7. The number of anilines is 1. The maximum absolute atomic E-state index is 13.7. The van der Waals surface area contributed by atoms with Gasteiger partial charge < -0.3 is 10.1 Å². The molecule has 0 unspecified atom stereocenters. The van der Waals surface area contributed by atoms with Gasteiger partial charge in [0.2, 0.25) is 5.91 Å². The molecule has 1 aliphatic rings. The Morgan fingerprint density at radius 2 is 1.78 bits per heavy atom. The van der Waals surface area contributed by atoms with Gasteiger partial charge in [0.05, 0.1) is 18.2 Å². The summed E-state index contributed by atoms with van der Waals surface area (Å²) in [6.45, 7) is 0. The number of amides is 1. The highest BCUT2D eigenvalue weighted by molar-refractivity contribution is 6.02. The maximum Gasteiger partial charge on any atom is 0.235 e. The molecule has 2 aromatic rings. The second-order valence-corrected chi connectivity index (χ2v) is 5.46. The van der Waals surface area contributed by atoms with Crippen molar-refractivity contribution >= 4 is 11.6 Å². The highest BCUT2D eigenvalue weighted by Crippen LogP contribution is 2.52. The molecule has 2 aromatic carbocycles. The Bertz CT molecular complexity index is 772. The second kappa shape index (κ2) is 5.61. The largest absolute Gasteiger partial charge is 0.496 e. The summed E-state index contributed by atoms with van der Waals surface area (Å²) in [5, 5.41) is 2.35. The number of para-hydroxylation sites is 1. The normalized spacial score (nSPS) is 15.1. The lowest BCUT2D eigenvalue weighted by Crippen LogP contribution is -2.28. The van der Waals surface area contributed by atoms with Crippen LogP contribution in [0.3, 0.4) is 0 Å². The van der Waals surface area contributed by atoms with Crippen LogP contribution in [0.2, 0.25) is 0 Å². The number of halogens is 3. The minimum Gasteiger partial charge on any atom is -0.496 e. The van der Waals surface area contributed by atoms with Crippen molar-refractivity contribution in [1.82, 2.24) is 0 Å². The van der Waals surface area contributed by atoms with Crippen LogP contribution in [0.1, 0.15) is 18.4 Å². The van der Waals surface area contributed by atoms with E-state index in [0.717, 1.165) is 12.1 Å². The fraction of sp³-hybridized carbons (Fsp3) is 0.235. The minimum atomic E-state index is -1.61. The summed E-state index contributed by atoms with van der Waals surface area (Å²) in [4.78, 5) is 12.6. The molecule has 0 spiro atoms. The smallest absolute Gasteiger partial charge is 0.235 e. The first-order valence-electron chi connectivity index (χ1n) is 7.08. The predicted octanol–water partition coefficient (Wildman–Crippen LogP) is 3.78. The van der Waals surface area contributed by atoms with Crippen LogP contribution in [0.25, 0.3) is 0 Å². The van der Waals surface area contributed by atoms with E-state index in [9.17, 15) is 18.0 Å². The van der Waals surface area contributed by atoms with E-state index in [0.29, 0.717) is 24.2 Å². The molecular weight excluding hydrogens is 307 g/mol. The molecule has 0 aromatic heterocycles. The molecule has 1 fully saturated rings. The monoisotopic (exact) mass is 321 g/mol. The fourth-order valence-electron chi connectivity index (χ4n) is 2.65. The predicted molar refractivity (Wildman–Crippen MR) is 78.9 cm³/mol. The minimum absolute atomic E-state index is 0.380. The van der Waals surface area contributed by atoms with Crippen molar-refractivity contribution in [1.29, 1.82) is 0 Å². The molecule has 1 amide bonds. The highest BCUT2D eigenvalue weighted by Gasteiger charge is 2.53. The van der Waals surface area contributed by atoms with Crippen LogP contribution in [0.4, 0.5) is 18.9 Å². The van der Waals surface area contributed by atoms with E-state index in [1.54, 1.807) is 24.3 Å². The van der Waals surface area contributed by atoms with Gasteiger partial charge in [0.25, 0.3) is 0 Å². The van der Waals surface area contributed by atoms with Crippen LogP contribution in [0.5, 0.6) is 5.75 Å². The molecule has 0 heterocycles. The molecule has 120 valence electrons. The van der Waals surface area contributed by atoms with Crippen LogP contribution in [-0.2, 0) is 10.2 Å². The van der Waals surface area contributed by atoms with Gasteiger partial charge >= 0.3 is 0 Å². The Hall–Kier alpha value is -2.50. The Morgan fingerprint density at radius 1 is 1.09 bits per heavy atom. The number of rotatable bonds is 4. The third-order valence-electron chi connectivity index (χ3n) is 4.09. The van der Waals surface area contributed by atoms with Crippen molar-refractivity contribution in [2.45, 2.75) is 18.3 Å². The van der Waals surface area contributed by atoms with Crippen LogP contribution >= 0.6 is 0 Å². The molecule has 0 saturated heterocycles. The molecule has 3 rings (SSSR count). The SMILES string of the molecule is COc1ccccc1C1(C(=O)Nc2ccc(F)c(F)c2F)CC1. The van der Waals surface area contributed by atoms with E-state index in [1.807, 2.05) is 0 Å². The Balaban J connectivity index is 1.91. The molecule has 1 saturated carbocycles. The molecular formula is C17H14F3NO2. The topological polar surface area (TPSA) is 38.3 Å². The Morgan fingerprint density at radius 3 is 2.43 bits per heavy atom. The summed E-state index contributed by atoms with van der Waals surface area (Å²) in [7, 11) is 1.50.